The van der Waals surface area contributed by atoms with Crippen molar-refractivity contribution in [2.24, 2.45) is 5.92 Å². The number of carbonyl (C=O) groups is 2. The van der Waals surface area contributed by atoms with Gasteiger partial charge >= 0.3 is 6.18 Å². The molecule has 6 nitrogen and oxygen atoms in total. The number of anilines is 2. The molecule has 10 heteroatoms. The second kappa shape index (κ2) is 9.50. The van der Waals surface area contributed by atoms with Gasteiger partial charge in [0.25, 0.3) is 5.91 Å². The fourth-order valence-corrected chi connectivity index (χ4v) is 4.75. The lowest BCUT2D eigenvalue weighted by Crippen LogP contribution is -2.43. The molecule has 2 aliphatic heterocycles. The van der Waals surface area contributed by atoms with Gasteiger partial charge in [0.05, 0.1) is 40.9 Å². The molecule has 0 aliphatic carbocycles. The van der Waals surface area contributed by atoms with E-state index in [0.717, 1.165) is 12.1 Å². The largest absolute Gasteiger partial charge is 0.416 e. The van der Waals surface area contributed by atoms with Gasteiger partial charge in [0.15, 0.2) is 0 Å². The number of amides is 2. The number of carbonyl (C=O) groups excluding carboxylic acids is 2. The summed E-state index contributed by atoms with van der Waals surface area (Å²) >= 11 is 1.34. The Bertz CT molecular complexity index is 959. The smallest absolute Gasteiger partial charge is 0.378 e. The maximum atomic E-state index is 13.3. The number of halogens is 3. The molecule has 1 unspecified atom stereocenters. The Hall–Kier alpha value is -2.59. The Morgan fingerprint density at radius 1 is 1.12 bits per heavy atom. The van der Waals surface area contributed by atoms with Gasteiger partial charge < -0.3 is 19.9 Å². The predicted octanol–water partition coefficient (Wildman–Crippen LogP) is 4.09. The van der Waals surface area contributed by atoms with Gasteiger partial charge in [-0.3, -0.25) is 9.59 Å². The Labute approximate surface area is 187 Å². The van der Waals surface area contributed by atoms with Gasteiger partial charge in [0, 0.05) is 26.2 Å². The third-order valence-electron chi connectivity index (χ3n) is 5.74. The highest BCUT2D eigenvalue weighted by molar-refractivity contribution is 7.12. The van der Waals surface area contributed by atoms with Gasteiger partial charge in [0.1, 0.15) is 0 Å². The van der Waals surface area contributed by atoms with Crippen molar-refractivity contribution >= 4 is 34.5 Å². The Balaban J connectivity index is 1.52. The second-order valence-electron chi connectivity index (χ2n) is 7.89. The number of ether oxygens (including phenoxy) is 1. The van der Waals surface area contributed by atoms with E-state index < -0.39 is 17.7 Å². The highest BCUT2D eigenvalue weighted by Gasteiger charge is 2.33. The summed E-state index contributed by atoms with van der Waals surface area (Å²) in [5.74, 6) is -0.979. The normalized spacial score (nSPS) is 19.7. The molecular formula is C22H24F3N3O3S. The molecule has 1 aromatic heterocycles. The minimum absolute atomic E-state index is 0.120. The predicted molar refractivity (Wildman–Crippen MR) is 116 cm³/mol. The van der Waals surface area contributed by atoms with E-state index >= 15 is 0 Å². The molecule has 4 rings (SSSR count). The van der Waals surface area contributed by atoms with Crippen LogP contribution < -0.4 is 10.2 Å². The second-order valence-corrected chi connectivity index (χ2v) is 8.83. The molecule has 2 saturated heterocycles. The minimum atomic E-state index is -4.52. The highest BCUT2D eigenvalue weighted by atomic mass is 32.1. The van der Waals surface area contributed by atoms with Crippen molar-refractivity contribution in [3.63, 3.8) is 0 Å². The van der Waals surface area contributed by atoms with E-state index in [9.17, 15) is 22.8 Å². The van der Waals surface area contributed by atoms with Crippen LogP contribution >= 0.6 is 11.3 Å². The number of likely N-dealkylation sites (tertiary alicyclic amines) is 1. The van der Waals surface area contributed by atoms with E-state index in [1.165, 1.54) is 17.4 Å². The fraction of sp³-hybridized carbons (Fsp3) is 0.455. The average Bonchev–Trinajstić information content (AvgIpc) is 3.33. The van der Waals surface area contributed by atoms with E-state index in [2.05, 4.69) is 5.32 Å². The van der Waals surface area contributed by atoms with Crippen molar-refractivity contribution in [1.29, 1.82) is 0 Å². The summed E-state index contributed by atoms with van der Waals surface area (Å²) in [6, 6.07) is 6.96. The third kappa shape index (κ3) is 5.07. The van der Waals surface area contributed by atoms with E-state index in [1.54, 1.807) is 17.0 Å². The molecule has 2 amide bonds. The maximum absolute atomic E-state index is 13.3. The van der Waals surface area contributed by atoms with E-state index in [-0.39, 0.29) is 24.0 Å². The van der Waals surface area contributed by atoms with Crippen LogP contribution in [0.2, 0.25) is 0 Å². The first-order valence-corrected chi connectivity index (χ1v) is 11.4. The van der Waals surface area contributed by atoms with E-state index in [1.807, 2.05) is 10.3 Å². The number of rotatable bonds is 4. The first kappa shape index (κ1) is 22.6. The van der Waals surface area contributed by atoms with Crippen LogP contribution in [0.15, 0.2) is 35.7 Å². The molecule has 3 heterocycles. The van der Waals surface area contributed by atoms with Crippen molar-refractivity contribution in [2.45, 2.75) is 19.0 Å². The highest BCUT2D eigenvalue weighted by Crippen LogP contribution is 2.36. The minimum Gasteiger partial charge on any atom is -0.378 e. The van der Waals surface area contributed by atoms with Crippen LogP contribution in [0.25, 0.3) is 0 Å². The summed E-state index contributed by atoms with van der Waals surface area (Å²) < 4.78 is 45.3. The van der Waals surface area contributed by atoms with Crippen LogP contribution in [0.1, 0.15) is 28.1 Å². The molecule has 172 valence electrons. The van der Waals surface area contributed by atoms with Crippen LogP contribution in [0.5, 0.6) is 0 Å². The summed E-state index contributed by atoms with van der Waals surface area (Å²) in [6.45, 7) is 2.80. The molecule has 2 fully saturated rings. The zero-order valence-corrected chi connectivity index (χ0v) is 18.2. The molecule has 32 heavy (non-hydrogen) atoms. The lowest BCUT2D eigenvalue weighted by molar-refractivity contribution is -0.137. The van der Waals surface area contributed by atoms with Gasteiger partial charge in [-0.1, -0.05) is 6.07 Å². The molecule has 1 N–H and O–H groups in total. The van der Waals surface area contributed by atoms with Crippen LogP contribution in [-0.2, 0) is 15.7 Å². The summed E-state index contributed by atoms with van der Waals surface area (Å²) in [5, 5.41) is 4.55. The number of nitrogens with one attached hydrogen (secondary N) is 1. The Morgan fingerprint density at radius 3 is 2.59 bits per heavy atom. The zero-order chi connectivity index (χ0) is 22.7. The molecule has 1 aromatic carbocycles. The monoisotopic (exact) mass is 467 g/mol. The molecule has 2 aromatic rings. The van der Waals surface area contributed by atoms with Crippen LogP contribution in [0.3, 0.4) is 0 Å². The topological polar surface area (TPSA) is 61.9 Å². The number of morpholine rings is 1. The summed E-state index contributed by atoms with van der Waals surface area (Å²) in [4.78, 5) is 29.9. The number of alkyl halides is 3. The van der Waals surface area contributed by atoms with Crippen molar-refractivity contribution in [1.82, 2.24) is 4.90 Å². The van der Waals surface area contributed by atoms with Crippen LogP contribution in [0, 0.1) is 5.92 Å². The standard InChI is InChI=1S/C22H24F3N3O3S/c23-22(24,25)16-5-6-18(27-8-10-31-11-9-27)17(13-16)26-20(29)15-3-1-7-28(14-15)21(30)19-4-2-12-32-19/h2,4-6,12-13,15H,1,3,7-11,14H2,(H,26,29). The van der Waals surface area contributed by atoms with Gasteiger partial charge in [-0.2, -0.15) is 13.2 Å². The summed E-state index contributed by atoms with van der Waals surface area (Å²) in [6.07, 6.45) is -3.28. The molecule has 1 atom stereocenters. The van der Waals surface area contributed by atoms with Crippen LogP contribution in [-0.4, -0.2) is 56.1 Å². The molecule has 0 radical (unpaired) electrons. The SMILES string of the molecule is O=C(Nc1cc(C(F)(F)F)ccc1N1CCOCC1)C1CCCN(C(=O)c2cccs2)C1. The molecule has 0 bridgehead atoms. The van der Waals surface area contributed by atoms with Crippen molar-refractivity contribution in [3.8, 4) is 0 Å². The van der Waals surface area contributed by atoms with Crippen molar-refractivity contribution in [3.05, 3.63) is 46.2 Å². The lowest BCUT2D eigenvalue weighted by Gasteiger charge is -2.33. The lowest BCUT2D eigenvalue weighted by atomic mass is 9.96. The number of nitrogens with zero attached hydrogens (tertiary/aromatic N) is 2. The van der Waals surface area contributed by atoms with Crippen molar-refractivity contribution in [2.75, 3.05) is 49.6 Å². The molecule has 0 saturated carbocycles. The fourth-order valence-electron chi connectivity index (χ4n) is 4.06. The zero-order valence-electron chi connectivity index (χ0n) is 17.4. The number of hydrogen-bond donors (Lipinski definition) is 1. The summed E-state index contributed by atoms with van der Waals surface area (Å²) in [7, 11) is 0. The number of piperidine rings is 1. The van der Waals surface area contributed by atoms with Gasteiger partial charge in [0.2, 0.25) is 5.91 Å². The third-order valence-corrected chi connectivity index (χ3v) is 6.60. The average molecular weight is 468 g/mol. The van der Waals surface area contributed by atoms with E-state index in [0.29, 0.717) is 56.3 Å². The first-order valence-electron chi connectivity index (χ1n) is 10.5. The van der Waals surface area contributed by atoms with E-state index in [4.69, 9.17) is 4.74 Å². The first-order chi connectivity index (χ1) is 15.3. The van der Waals surface area contributed by atoms with Gasteiger partial charge in [-0.15, -0.1) is 11.3 Å². The van der Waals surface area contributed by atoms with Crippen LogP contribution in [0.4, 0.5) is 24.5 Å². The number of benzene rings is 1. The quantitative estimate of drug-likeness (QED) is 0.736. The summed E-state index contributed by atoms with van der Waals surface area (Å²) in [5.41, 5.74) is -0.145. The number of thiophene rings is 1. The molecule has 2 aliphatic rings. The van der Waals surface area contributed by atoms with Gasteiger partial charge in [-0.05, 0) is 42.5 Å². The molecule has 0 spiro atoms. The van der Waals surface area contributed by atoms with Crippen molar-refractivity contribution < 1.29 is 27.5 Å². The van der Waals surface area contributed by atoms with Gasteiger partial charge in [-0.25, -0.2) is 0 Å². The maximum Gasteiger partial charge on any atom is 0.416 e. The Morgan fingerprint density at radius 2 is 1.91 bits per heavy atom. The number of hydrogen-bond acceptors (Lipinski definition) is 5. The molecular weight excluding hydrogens is 443 g/mol. The Kier molecular flexibility index (Phi) is 6.71.